The number of nitrogens with zero attached hydrogens (tertiary/aromatic N) is 2. The zero-order valence-corrected chi connectivity index (χ0v) is 10.8. The predicted octanol–water partition coefficient (Wildman–Crippen LogP) is 0.670. The lowest BCUT2D eigenvalue weighted by atomic mass is 10.2. The first kappa shape index (κ1) is 13.0. The van der Waals surface area contributed by atoms with Crippen LogP contribution in [0.4, 0.5) is 0 Å². The lowest BCUT2D eigenvalue weighted by molar-refractivity contribution is 0.128. The fourth-order valence-corrected chi connectivity index (χ4v) is 2.04. The first-order chi connectivity index (χ1) is 8.76. The molecule has 1 aromatic heterocycles. The van der Waals surface area contributed by atoms with Gasteiger partial charge in [0, 0.05) is 26.1 Å². The molecule has 1 atom stereocenters. The molecule has 0 aliphatic carbocycles. The first-order valence-corrected chi connectivity index (χ1v) is 6.00. The lowest BCUT2D eigenvalue weighted by Crippen LogP contribution is -2.36. The number of aliphatic hydroxyl groups excluding tert-OH is 1. The molecule has 0 aliphatic rings. The number of ether oxygens (including phenoxy) is 1. The largest absolute Gasteiger partial charge is 0.395 e. The number of aryl methyl sites for hydroxylation is 1. The molecular formula is C13H19N3O2. The number of methoxy groups -OCH3 is 1. The van der Waals surface area contributed by atoms with Crippen molar-refractivity contribution in [2.45, 2.75) is 12.6 Å². The van der Waals surface area contributed by atoms with Crippen LogP contribution in [0, 0.1) is 0 Å². The molecule has 0 bridgehead atoms. The van der Waals surface area contributed by atoms with Gasteiger partial charge in [-0.2, -0.15) is 5.10 Å². The number of benzene rings is 1. The zero-order valence-electron chi connectivity index (χ0n) is 10.8. The molecule has 0 aliphatic heterocycles. The number of fused-ring (bicyclic) bond motifs is 1. The minimum Gasteiger partial charge on any atom is -0.395 e. The Morgan fingerprint density at radius 3 is 2.94 bits per heavy atom. The van der Waals surface area contributed by atoms with Gasteiger partial charge < -0.3 is 15.2 Å². The molecule has 2 rings (SSSR count). The topological polar surface area (TPSA) is 59.3 Å². The number of para-hydroxylation sites is 1. The second-order valence-electron chi connectivity index (χ2n) is 4.30. The Morgan fingerprint density at radius 2 is 2.22 bits per heavy atom. The van der Waals surface area contributed by atoms with Gasteiger partial charge in [0.2, 0.25) is 0 Å². The van der Waals surface area contributed by atoms with Crippen LogP contribution in [0.5, 0.6) is 0 Å². The van der Waals surface area contributed by atoms with Crippen LogP contribution in [0.25, 0.3) is 10.9 Å². The van der Waals surface area contributed by atoms with E-state index >= 15 is 0 Å². The molecule has 2 N–H and O–H groups in total. The van der Waals surface area contributed by atoms with Crippen molar-refractivity contribution >= 4 is 10.9 Å². The average Bonchev–Trinajstić information content (AvgIpc) is 2.72. The smallest absolute Gasteiger partial charge is 0.0841 e. The van der Waals surface area contributed by atoms with Gasteiger partial charge in [-0.25, -0.2) is 0 Å². The summed E-state index contributed by atoms with van der Waals surface area (Å²) in [7, 11) is 3.56. The summed E-state index contributed by atoms with van der Waals surface area (Å²) in [4.78, 5) is 0. The molecule has 5 heteroatoms. The summed E-state index contributed by atoms with van der Waals surface area (Å²) < 4.78 is 6.90. The molecule has 0 saturated heterocycles. The quantitative estimate of drug-likeness (QED) is 0.790. The van der Waals surface area contributed by atoms with E-state index in [0.29, 0.717) is 13.2 Å². The highest BCUT2D eigenvalue weighted by molar-refractivity contribution is 5.81. The number of hydrogen-bond acceptors (Lipinski definition) is 4. The monoisotopic (exact) mass is 249 g/mol. The van der Waals surface area contributed by atoms with Crippen molar-refractivity contribution in [1.29, 1.82) is 0 Å². The van der Waals surface area contributed by atoms with E-state index in [0.717, 1.165) is 16.6 Å². The summed E-state index contributed by atoms with van der Waals surface area (Å²) in [5.41, 5.74) is 2.10. The molecule has 1 heterocycles. The zero-order chi connectivity index (χ0) is 13.0. The first-order valence-electron chi connectivity index (χ1n) is 6.00. The third-order valence-electron chi connectivity index (χ3n) is 2.98. The van der Waals surface area contributed by atoms with Gasteiger partial charge in [-0.15, -0.1) is 0 Å². The molecule has 2 aromatic rings. The van der Waals surface area contributed by atoms with Gasteiger partial charge in [-0.1, -0.05) is 18.2 Å². The van der Waals surface area contributed by atoms with E-state index in [1.807, 2.05) is 29.9 Å². The van der Waals surface area contributed by atoms with Gasteiger partial charge in [0.05, 0.1) is 30.5 Å². The van der Waals surface area contributed by atoms with E-state index in [1.54, 1.807) is 7.11 Å². The minimum atomic E-state index is -0.0595. The van der Waals surface area contributed by atoms with E-state index < -0.39 is 0 Å². The van der Waals surface area contributed by atoms with Gasteiger partial charge in [0.25, 0.3) is 0 Å². The molecule has 5 nitrogen and oxygen atoms in total. The molecular weight excluding hydrogens is 230 g/mol. The van der Waals surface area contributed by atoms with Crippen LogP contribution in [0.3, 0.4) is 0 Å². The van der Waals surface area contributed by atoms with Gasteiger partial charge in [-0.3, -0.25) is 4.68 Å². The Morgan fingerprint density at radius 1 is 1.44 bits per heavy atom. The van der Waals surface area contributed by atoms with Crippen LogP contribution in [0.2, 0.25) is 0 Å². The molecule has 0 spiro atoms. The molecule has 98 valence electrons. The van der Waals surface area contributed by atoms with E-state index in [9.17, 15) is 5.11 Å². The number of aromatic nitrogens is 2. The lowest BCUT2D eigenvalue weighted by Gasteiger charge is -2.14. The van der Waals surface area contributed by atoms with Crippen LogP contribution in [-0.2, 0) is 18.3 Å². The van der Waals surface area contributed by atoms with Gasteiger partial charge in [-0.05, 0) is 6.07 Å². The summed E-state index contributed by atoms with van der Waals surface area (Å²) in [5.74, 6) is 0. The SMILES string of the molecule is COCC(CO)NCc1nn(C)c2ccccc12. The Bertz CT molecular complexity index is 510. The van der Waals surface area contributed by atoms with E-state index in [2.05, 4.69) is 16.5 Å². The summed E-state index contributed by atoms with van der Waals surface area (Å²) >= 11 is 0. The molecule has 0 amide bonds. The van der Waals surface area contributed by atoms with Crippen LogP contribution >= 0.6 is 0 Å². The Hall–Kier alpha value is -1.43. The maximum atomic E-state index is 9.19. The molecule has 0 radical (unpaired) electrons. The van der Waals surface area contributed by atoms with Crippen molar-refractivity contribution in [2.24, 2.45) is 7.05 Å². The second kappa shape index (κ2) is 5.95. The fraction of sp³-hybridized carbons (Fsp3) is 0.462. The third kappa shape index (κ3) is 2.69. The van der Waals surface area contributed by atoms with Gasteiger partial charge >= 0.3 is 0 Å². The van der Waals surface area contributed by atoms with Crippen molar-refractivity contribution in [3.63, 3.8) is 0 Å². The van der Waals surface area contributed by atoms with Crippen LogP contribution in [0.15, 0.2) is 24.3 Å². The van der Waals surface area contributed by atoms with E-state index in [-0.39, 0.29) is 12.6 Å². The highest BCUT2D eigenvalue weighted by atomic mass is 16.5. The van der Waals surface area contributed by atoms with Crippen molar-refractivity contribution in [1.82, 2.24) is 15.1 Å². The number of aliphatic hydroxyl groups is 1. The molecule has 1 aromatic carbocycles. The maximum Gasteiger partial charge on any atom is 0.0841 e. The highest BCUT2D eigenvalue weighted by Gasteiger charge is 2.10. The Labute approximate surface area is 106 Å². The predicted molar refractivity (Wildman–Crippen MR) is 70.3 cm³/mol. The van der Waals surface area contributed by atoms with Crippen molar-refractivity contribution < 1.29 is 9.84 Å². The Balaban J connectivity index is 2.12. The molecule has 1 unspecified atom stereocenters. The molecule has 0 saturated carbocycles. The van der Waals surface area contributed by atoms with Crippen molar-refractivity contribution in [3.8, 4) is 0 Å². The molecule has 18 heavy (non-hydrogen) atoms. The number of nitrogens with one attached hydrogen (secondary N) is 1. The van der Waals surface area contributed by atoms with Crippen molar-refractivity contribution in [2.75, 3.05) is 20.3 Å². The normalized spacial score (nSPS) is 13.1. The summed E-state index contributed by atoms with van der Waals surface area (Å²) in [5, 5.41) is 18.1. The fourth-order valence-electron chi connectivity index (χ4n) is 2.04. The summed E-state index contributed by atoms with van der Waals surface area (Å²) in [6.07, 6.45) is 0. The van der Waals surface area contributed by atoms with Crippen molar-refractivity contribution in [3.05, 3.63) is 30.0 Å². The molecule has 0 fully saturated rings. The summed E-state index contributed by atoms with van der Waals surface area (Å²) in [6.45, 7) is 1.16. The van der Waals surface area contributed by atoms with Crippen LogP contribution in [-0.4, -0.2) is 41.3 Å². The number of rotatable bonds is 6. The van der Waals surface area contributed by atoms with Crippen LogP contribution in [0.1, 0.15) is 5.69 Å². The van der Waals surface area contributed by atoms with E-state index in [4.69, 9.17) is 4.74 Å². The number of hydrogen-bond donors (Lipinski definition) is 2. The van der Waals surface area contributed by atoms with Crippen LogP contribution < -0.4 is 5.32 Å². The van der Waals surface area contributed by atoms with Gasteiger partial charge in [0.15, 0.2) is 0 Å². The highest BCUT2D eigenvalue weighted by Crippen LogP contribution is 2.17. The maximum absolute atomic E-state index is 9.19. The minimum absolute atomic E-state index is 0.0542. The standard InChI is InChI=1S/C13H19N3O2/c1-16-13-6-4-3-5-11(13)12(15-16)7-14-10(8-17)9-18-2/h3-6,10,14,17H,7-9H2,1-2H3. The summed E-state index contributed by atoms with van der Waals surface area (Å²) in [6, 6.07) is 8.05. The van der Waals surface area contributed by atoms with E-state index in [1.165, 1.54) is 0 Å². The van der Waals surface area contributed by atoms with Gasteiger partial charge in [0.1, 0.15) is 0 Å². The third-order valence-corrected chi connectivity index (χ3v) is 2.98. The average molecular weight is 249 g/mol. The second-order valence-corrected chi connectivity index (χ2v) is 4.30. The Kier molecular flexibility index (Phi) is 4.30.